The van der Waals surface area contributed by atoms with Crippen LogP contribution in [0.5, 0.6) is 0 Å². The maximum Gasteiger partial charge on any atom is 0.408 e. The number of carbonyl (C=O) groups is 2. The van der Waals surface area contributed by atoms with E-state index >= 15 is 0 Å². The van der Waals surface area contributed by atoms with E-state index in [2.05, 4.69) is 15.7 Å². The first-order valence-electron chi connectivity index (χ1n) is 8.53. The van der Waals surface area contributed by atoms with Crippen LogP contribution in [0.3, 0.4) is 0 Å². The summed E-state index contributed by atoms with van der Waals surface area (Å²) in [5, 5.41) is 9.96. The largest absolute Gasteiger partial charge is 0.444 e. The molecule has 1 aliphatic carbocycles. The molecule has 24 heavy (non-hydrogen) atoms. The number of ether oxygens (including phenoxy) is 1. The fourth-order valence-corrected chi connectivity index (χ4v) is 2.96. The molecule has 1 aromatic rings. The van der Waals surface area contributed by atoms with Crippen LogP contribution in [-0.4, -0.2) is 39.5 Å². The van der Waals surface area contributed by atoms with Crippen molar-refractivity contribution in [2.45, 2.75) is 70.6 Å². The number of aromatic nitrogens is 2. The normalized spacial score (nSPS) is 17.1. The monoisotopic (exact) mass is 336 g/mol. The molecule has 134 valence electrons. The van der Waals surface area contributed by atoms with E-state index in [1.54, 1.807) is 23.1 Å². The molecule has 2 N–H and O–H groups in total. The van der Waals surface area contributed by atoms with Crippen molar-refractivity contribution in [2.75, 3.05) is 6.54 Å². The summed E-state index contributed by atoms with van der Waals surface area (Å²) < 4.78 is 6.95. The molecule has 2 amide bonds. The average molecular weight is 336 g/mol. The molecule has 1 heterocycles. The van der Waals surface area contributed by atoms with Crippen LogP contribution in [0, 0.1) is 0 Å². The van der Waals surface area contributed by atoms with Crippen LogP contribution in [0.4, 0.5) is 4.79 Å². The van der Waals surface area contributed by atoms with Crippen molar-refractivity contribution in [3.05, 3.63) is 18.5 Å². The van der Waals surface area contributed by atoms with Gasteiger partial charge in [0, 0.05) is 18.9 Å². The third kappa shape index (κ3) is 5.86. The molecule has 7 nitrogen and oxygen atoms in total. The van der Waals surface area contributed by atoms with Gasteiger partial charge in [-0.3, -0.25) is 9.48 Å². The minimum Gasteiger partial charge on any atom is -0.444 e. The quantitative estimate of drug-likeness (QED) is 0.863. The lowest BCUT2D eigenvalue weighted by atomic mass is 9.81. The Hall–Kier alpha value is -2.05. The van der Waals surface area contributed by atoms with Crippen molar-refractivity contribution >= 4 is 12.0 Å². The van der Waals surface area contributed by atoms with E-state index in [4.69, 9.17) is 4.74 Å². The number of carbonyl (C=O) groups excluding carboxylic acids is 2. The van der Waals surface area contributed by atoms with Gasteiger partial charge in [0.1, 0.15) is 12.1 Å². The smallest absolute Gasteiger partial charge is 0.408 e. The first kappa shape index (κ1) is 18.3. The SMILES string of the molecule is CC(C)(C)OC(=O)NC1(CNC(=O)Cn2cccn2)CCCCC1. The number of nitrogens with one attached hydrogen (secondary N) is 2. The molecular formula is C17H28N4O3. The van der Waals surface area contributed by atoms with Crippen molar-refractivity contribution in [2.24, 2.45) is 0 Å². The van der Waals surface area contributed by atoms with Gasteiger partial charge >= 0.3 is 6.09 Å². The lowest BCUT2D eigenvalue weighted by Crippen LogP contribution is -2.57. The molecule has 0 unspecified atom stereocenters. The number of amides is 2. The first-order valence-corrected chi connectivity index (χ1v) is 8.53. The van der Waals surface area contributed by atoms with Crippen molar-refractivity contribution < 1.29 is 14.3 Å². The second kappa shape index (κ2) is 7.68. The highest BCUT2D eigenvalue weighted by Gasteiger charge is 2.35. The lowest BCUT2D eigenvalue weighted by Gasteiger charge is -2.38. The summed E-state index contributed by atoms with van der Waals surface area (Å²) in [5.74, 6) is -0.116. The van der Waals surface area contributed by atoms with Crippen LogP contribution in [-0.2, 0) is 16.1 Å². The zero-order valence-electron chi connectivity index (χ0n) is 14.8. The molecule has 0 spiro atoms. The Morgan fingerprint density at radius 1 is 1.25 bits per heavy atom. The standard InChI is InChI=1S/C17H28N4O3/c1-16(2,3)24-15(23)20-17(8-5-4-6-9-17)13-18-14(22)12-21-11-7-10-19-21/h7,10-11H,4-6,8-9,12-13H2,1-3H3,(H,18,22)(H,20,23). The maximum absolute atomic E-state index is 12.2. The van der Waals surface area contributed by atoms with Crippen LogP contribution in [0.1, 0.15) is 52.9 Å². The fourth-order valence-electron chi connectivity index (χ4n) is 2.96. The molecular weight excluding hydrogens is 308 g/mol. The minimum atomic E-state index is -0.538. The first-order chi connectivity index (χ1) is 11.3. The van der Waals surface area contributed by atoms with E-state index in [9.17, 15) is 9.59 Å². The molecule has 7 heteroatoms. The lowest BCUT2D eigenvalue weighted by molar-refractivity contribution is -0.122. The minimum absolute atomic E-state index is 0.116. The number of hydrogen-bond acceptors (Lipinski definition) is 4. The average Bonchev–Trinajstić information content (AvgIpc) is 2.97. The van der Waals surface area contributed by atoms with Crippen molar-refractivity contribution in [3.63, 3.8) is 0 Å². The van der Waals surface area contributed by atoms with E-state index in [1.807, 2.05) is 20.8 Å². The van der Waals surface area contributed by atoms with E-state index in [0.717, 1.165) is 32.1 Å². The van der Waals surface area contributed by atoms with Crippen molar-refractivity contribution in [3.8, 4) is 0 Å². The topological polar surface area (TPSA) is 85.3 Å². The van der Waals surface area contributed by atoms with Gasteiger partial charge < -0.3 is 15.4 Å². The molecule has 1 saturated carbocycles. The fraction of sp³-hybridized carbons (Fsp3) is 0.706. The number of alkyl carbamates (subject to hydrolysis) is 1. The van der Waals surface area contributed by atoms with Crippen LogP contribution >= 0.6 is 0 Å². The number of nitrogens with zero attached hydrogens (tertiary/aromatic N) is 2. The highest BCUT2D eigenvalue weighted by atomic mass is 16.6. The molecule has 0 bridgehead atoms. The third-order valence-electron chi connectivity index (χ3n) is 4.07. The zero-order chi connectivity index (χ0) is 17.6. The van der Waals surface area contributed by atoms with Gasteiger partial charge in [-0.25, -0.2) is 4.79 Å². The second-order valence-electron chi connectivity index (χ2n) is 7.45. The summed E-state index contributed by atoms with van der Waals surface area (Å²) in [4.78, 5) is 24.3. The Kier molecular flexibility index (Phi) is 5.85. The molecule has 0 aromatic carbocycles. The molecule has 0 atom stereocenters. The van der Waals surface area contributed by atoms with E-state index in [-0.39, 0.29) is 12.5 Å². The second-order valence-corrected chi connectivity index (χ2v) is 7.45. The Labute approximate surface area is 143 Å². The molecule has 0 radical (unpaired) electrons. The summed E-state index contributed by atoms with van der Waals surface area (Å²) in [6, 6.07) is 1.78. The number of hydrogen-bond donors (Lipinski definition) is 2. The zero-order valence-corrected chi connectivity index (χ0v) is 14.8. The predicted octanol–water partition coefficient (Wildman–Crippen LogP) is 2.23. The van der Waals surface area contributed by atoms with Gasteiger partial charge in [-0.05, 0) is 39.7 Å². The van der Waals surface area contributed by atoms with Gasteiger partial charge in [-0.1, -0.05) is 19.3 Å². The highest BCUT2D eigenvalue weighted by Crippen LogP contribution is 2.28. The van der Waals surface area contributed by atoms with Crippen molar-refractivity contribution in [1.29, 1.82) is 0 Å². The van der Waals surface area contributed by atoms with Gasteiger partial charge in [0.2, 0.25) is 5.91 Å². The van der Waals surface area contributed by atoms with Gasteiger partial charge in [0.05, 0.1) is 5.54 Å². The summed E-state index contributed by atoms with van der Waals surface area (Å²) in [7, 11) is 0. The molecule has 1 fully saturated rings. The number of rotatable bonds is 5. The maximum atomic E-state index is 12.2. The Balaban J connectivity index is 1.91. The van der Waals surface area contributed by atoms with E-state index in [0.29, 0.717) is 6.54 Å². The van der Waals surface area contributed by atoms with Crippen LogP contribution in [0.25, 0.3) is 0 Å². The molecule has 2 rings (SSSR count). The Bertz CT molecular complexity index is 543. The van der Waals surface area contributed by atoms with Gasteiger partial charge in [-0.2, -0.15) is 5.10 Å². The summed E-state index contributed by atoms with van der Waals surface area (Å²) in [6.45, 7) is 6.10. The predicted molar refractivity (Wildman–Crippen MR) is 90.4 cm³/mol. The Morgan fingerprint density at radius 2 is 1.96 bits per heavy atom. The summed E-state index contributed by atoms with van der Waals surface area (Å²) >= 11 is 0. The summed E-state index contributed by atoms with van der Waals surface area (Å²) in [5.41, 5.74) is -0.969. The molecule has 1 aliphatic rings. The molecule has 1 aromatic heterocycles. The van der Waals surface area contributed by atoms with Crippen LogP contribution in [0.15, 0.2) is 18.5 Å². The van der Waals surface area contributed by atoms with Crippen LogP contribution in [0.2, 0.25) is 0 Å². The highest BCUT2D eigenvalue weighted by molar-refractivity contribution is 5.76. The van der Waals surface area contributed by atoms with Gasteiger partial charge in [0.25, 0.3) is 0 Å². The van der Waals surface area contributed by atoms with E-state index in [1.165, 1.54) is 0 Å². The van der Waals surface area contributed by atoms with Gasteiger partial charge in [-0.15, -0.1) is 0 Å². The molecule has 0 aliphatic heterocycles. The van der Waals surface area contributed by atoms with Gasteiger partial charge in [0.15, 0.2) is 0 Å². The Morgan fingerprint density at radius 3 is 2.54 bits per heavy atom. The van der Waals surface area contributed by atoms with Crippen LogP contribution < -0.4 is 10.6 Å². The summed E-state index contributed by atoms with van der Waals surface area (Å²) in [6.07, 6.45) is 7.86. The van der Waals surface area contributed by atoms with Crippen molar-refractivity contribution in [1.82, 2.24) is 20.4 Å². The molecule has 0 saturated heterocycles. The third-order valence-corrected chi connectivity index (χ3v) is 4.07. The van der Waals surface area contributed by atoms with E-state index < -0.39 is 17.2 Å².